The van der Waals surface area contributed by atoms with Gasteiger partial charge in [-0.3, -0.25) is 24.1 Å². The van der Waals surface area contributed by atoms with E-state index in [2.05, 4.69) is 4.99 Å². The number of carbonyl (C=O) groups excluding carboxylic acids is 4. The highest BCUT2D eigenvalue weighted by Gasteiger charge is 2.30. The lowest BCUT2D eigenvalue weighted by Gasteiger charge is -2.13. The molecule has 8 nitrogen and oxygen atoms in total. The molecule has 0 unspecified atom stereocenters. The Morgan fingerprint density at radius 2 is 1.68 bits per heavy atom. The first-order valence-corrected chi connectivity index (χ1v) is 11.4. The number of amides is 3. The fraction of sp³-hybridized carbons (Fsp3) is 0.160. The van der Waals surface area contributed by atoms with Crippen LogP contribution < -0.4 is 9.70 Å². The number of esters is 1. The second-order valence-electron chi connectivity index (χ2n) is 7.77. The normalized spacial score (nSPS) is 14.4. The molecule has 5 rings (SSSR count). The van der Waals surface area contributed by atoms with Gasteiger partial charge >= 0.3 is 5.97 Å². The van der Waals surface area contributed by atoms with Crippen LogP contribution in [0.4, 0.5) is 5.69 Å². The third-order valence-corrected chi connectivity index (χ3v) is 6.84. The predicted molar refractivity (Wildman–Crippen MR) is 127 cm³/mol. The van der Waals surface area contributed by atoms with Crippen molar-refractivity contribution in [2.45, 2.75) is 19.4 Å². The number of methoxy groups -OCH3 is 1. The minimum absolute atomic E-state index is 0.0843. The summed E-state index contributed by atoms with van der Waals surface area (Å²) in [5.41, 5.74) is 1.51. The lowest BCUT2D eigenvalue weighted by Crippen LogP contribution is -2.28. The maximum Gasteiger partial charge on any atom is 0.325 e. The monoisotopic (exact) mass is 473 g/mol. The highest BCUT2D eigenvalue weighted by Crippen LogP contribution is 2.28. The largest absolute Gasteiger partial charge is 0.468 e. The average molecular weight is 474 g/mol. The molecular formula is C25H19N3O5S. The molecule has 9 heteroatoms. The van der Waals surface area contributed by atoms with Gasteiger partial charge in [-0.05, 0) is 35.7 Å². The molecule has 1 aliphatic heterocycles. The lowest BCUT2D eigenvalue weighted by molar-refractivity contribution is -0.141. The molecule has 4 aromatic rings. The van der Waals surface area contributed by atoms with Gasteiger partial charge in [-0.25, -0.2) is 0 Å². The molecular weight excluding hydrogens is 454 g/mol. The number of hydrogen-bond acceptors (Lipinski definition) is 6. The smallest absolute Gasteiger partial charge is 0.325 e. The number of ether oxygens (including phenoxy) is 1. The minimum atomic E-state index is -0.500. The second kappa shape index (κ2) is 8.68. The molecule has 0 saturated carbocycles. The minimum Gasteiger partial charge on any atom is -0.468 e. The zero-order valence-corrected chi connectivity index (χ0v) is 19.0. The van der Waals surface area contributed by atoms with Gasteiger partial charge in [-0.1, -0.05) is 41.7 Å². The van der Waals surface area contributed by atoms with E-state index in [4.69, 9.17) is 4.74 Å². The van der Waals surface area contributed by atoms with Crippen LogP contribution in [0.5, 0.6) is 0 Å². The number of nitrogens with zero attached hydrogens (tertiary/aromatic N) is 3. The predicted octanol–water partition coefficient (Wildman–Crippen LogP) is 3.42. The van der Waals surface area contributed by atoms with Gasteiger partial charge in [0.15, 0.2) is 4.80 Å². The summed E-state index contributed by atoms with van der Waals surface area (Å²) < 4.78 is 7.43. The topological polar surface area (TPSA) is 98.0 Å². The number of hydrogen-bond donors (Lipinski definition) is 0. The van der Waals surface area contributed by atoms with Crippen molar-refractivity contribution >= 4 is 61.7 Å². The quantitative estimate of drug-likeness (QED) is 0.334. The van der Waals surface area contributed by atoms with Crippen molar-refractivity contribution in [3.63, 3.8) is 0 Å². The van der Waals surface area contributed by atoms with Crippen LogP contribution >= 0.6 is 11.3 Å². The Hall–Kier alpha value is -4.11. The van der Waals surface area contributed by atoms with Crippen LogP contribution in [0.15, 0.2) is 65.7 Å². The Kier molecular flexibility index (Phi) is 5.54. The van der Waals surface area contributed by atoms with Crippen LogP contribution in [-0.4, -0.2) is 35.4 Å². The maximum atomic E-state index is 13.0. The molecule has 3 aromatic carbocycles. The van der Waals surface area contributed by atoms with Crippen LogP contribution in [-0.2, 0) is 25.7 Å². The van der Waals surface area contributed by atoms with Gasteiger partial charge in [0.2, 0.25) is 11.8 Å². The van der Waals surface area contributed by atoms with E-state index in [1.54, 1.807) is 16.7 Å². The number of imide groups is 1. The van der Waals surface area contributed by atoms with Gasteiger partial charge in [0, 0.05) is 23.8 Å². The number of thiazole rings is 1. The number of anilines is 1. The number of carbonyl (C=O) groups is 4. The van der Waals surface area contributed by atoms with Gasteiger partial charge in [-0.15, -0.1) is 0 Å². The highest BCUT2D eigenvalue weighted by atomic mass is 32.1. The van der Waals surface area contributed by atoms with E-state index in [-0.39, 0.29) is 31.2 Å². The highest BCUT2D eigenvalue weighted by molar-refractivity contribution is 7.17. The summed E-state index contributed by atoms with van der Waals surface area (Å²) >= 11 is 1.32. The Labute approximate surface area is 197 Å². The van der Waals surface area contributed by atoms with Gasteiger partial charge < -0.3 is 9.30 Å². The Bertz CT molecular complexity index is 1530. The van der Waals surface area contributed by atoms with Crippen molar-refractivity contribution in [2.75, 3.05) is 12.0 Å². The van der Waals surface area contributed by atoms with Gasteiger partial charge in [0.25, 0.3) is 5.91 Å². The summed E-state index contributed by atoms with van der Waals surface area (Å²) in [6.07, 6.45) is 0.380. The molecule has 0 atom stereocenters. The van der Waals surface area contributed by atoms with Gasteiger partial charge in [0.1, 0.15) is 6.54 Å². The van der Waals surface area contributed by atoms with Crippen LogP contribution in [0.2, 0.25) is 0 Å². The zero-order valence-electron chi connectivity index (χ0n) is 18.2. The molecule has 170 valence electrons. The van der Waals surface area contributed by atoms with Crippen LogP contribution in [0.25, 0.3) is 21.0 Å². The van der Waals surface area contributed by atoms with Crippen molar-refractivity contribution in [1.82, 2.24) is 4.57 Å². The summed E-state index contributed by atoms with van der Waals surface area (Å²) in [5.74, 6) is -1.46. The van der Waals surface area contributed by atoms with Crippen molar-refractivity contribution in [1.29, 1.82) is 0 Å². The van der Waals surface area contributed by atoms with Crippen molar-refractivity contribution in [2.24, 2.45) is 4.99 Å². The molecule has 3 amide bonds. The molecule has 1 aromatic heterocycles. The summed E-state index contributed by atoms with van der Waals surface area (Å²) in [6, 6.07) is 17.9. The first-order chi connectivity index (χ1) is 16.5. The Morgan fingerprint density at radius 1 is 0.971 bits per heavy atom. The van der Waals surface area contributed by atoms with E-state index >= 15 is 0 Å². The SMILES string of the molecule is COC(=O)Cn1c(=NC(=O)c2ccc(N3C(=O)CCC3=O)cc2)sc2c3ccccc3ccc21. The number of fused-ring (bicyclic) bond motifs is 3. The molecule has 1 fully saturated rings. The molecule has 0 bridgehead atoms. The third-order valence-electron chi connectivity index (χ3n) is 5.71. The Morgan fingerprint density at radius 3 is 2.38 bits per heavy atom. The Balaban J connectivity index is 1.57. The van der Waals surface area contributed by atoms with E-state index < -0.39 is 11.9 Å². The first kappa shape index (κ1) is 21.7. The van der Waals surface area contributed by atoms with Crippen molar-refractivity contribution in [3.8, 4) is 0 Å². The van der Waals surface area contributed by atoms with Gasteiger partial charge in [-0.2, -0.15) is 4.99 Å². The molecule has 0 aliphatic carbocycles. The molecule has 34 heavy (non-hydrogen) atoms. The van der Waals surface area contributed by atoms with Crippen LogP contribution in [0.1, 0.15) is 23.2 Å². The third kappa shape index (κ3) is 3.80. The summed E-state index contributed by atoms with van der Waals surface area (Å²) in [7, 11) is 1.31. The van der Waals surface area contributed by atoms with E-state index in [1.165, 1.54) is 30.6 Å². The lowest BCUT2D eigenvalue weighted by atomic mass is 10.1. The second-order valence-corrected chi connectivity index (χ2v) is 8.75. The summed E-state index contributed by atoms with van der Waals surface area (Å²) in [5, 5.41) is 2.04. The first-order valence-electron chi connectivity index (χ1n) is 10.6. The van der Waals surface area contributed by atoms with Gasteiger partial charge in [0.05, 0.1) is 23.0 Å². The molecule has 0 N–H and O–H groups in total. The molecule has 0 radical (unpaired) electrons. The molecule has 0 spiro atoms. The fourth-order valence-corrected chi connectivity index (χ4v) is 5.16. The molecule has 1 saturated heterocycles. The van der Waals surface area contributed by atoms with Crippen LogP contribution in [0, 0.1) is 0 Å². The maximum absolute atomic E-state index is 13.0. The number of rotatable bonds is 4. The standard InChI is InChI=1S/C25H19N3O5S/c1-33-22(31)14-27-19-11-8-15-4-2-3-5-18(15)23(19)34-25(27)26-24(32)16-6-9-17(10-7-16)28-20(29)12-13-21(28)30/h2-11H,12-14H2,1H3. The average Bonchev–Trinajstić information content (AvgIpc) is 3.37. The van der Waals surface area contributed by atoms with E-state index in [0.717, 1.165) is 25.9 Å². The summed E-state index contributed by atoms with van der Waals surface area (Å²) in [6.45, 7) is -0.0843. The summed E-state index contributed by atoms with van der Waals surface area (Å²) in [4.78, 5) is 54.8. The zero-order chi connectivity index (χ0) is 23.8. The number of aromatic nitrogens is 1. The molecule has 2 heterocycles. The van der Waals surface area contributed by atoms with Crippen LogP contribution in [0.3, 0.4) is 0 Å². The number of benzene rings is 3. The van der Waals surface area contributed by atoms with Crippen molar-refractivity contribution < 1.29 is 23.9 Å². The van der Waals surface area contributed by atoms with E-state index in [1.807, 2.05) is 36.4 Å². The van der Waals surface area contributed by atoms with E-state index in [0.29, 0.717) is 16.1 Å². The fourth-order valence-electron chi connectivity index (χ4n) is 4.00. The van der Waals surface area contributed by atoms with Crippen molar-refractivity contribution in [3.05, 3.63) is 71.0 Å². The van der Waals surface area contributed by atoms with E-state index in [9.17, 15) is 19.2 Å². The molecule has 1 aliphatic rings.